The largest absolute Gasteiger partial charge is 0.337 e. The van der Waals surface area contributed by atoms with Crippen LogP contribution in [0.5, 0.6) is 0 Å². The van der Waals surface area contributed by atoms with E-state index in [0.717, 1.165) is 16.6 Å². The van der Waals surface area contributed by atoms with Gasteiger partial charge in [-0.05, 0) is 24.3 Å². The van der Waals surface area contributed by atoms with Gasteiger partial charge in [-0.3, -0.25) is 0 Å². The van der Waals surface area contributed by atoms with Gasteiger partial charge in [-0.15, -0.1) is 0 Å². The number of nitrogens with one attached hydrogen (secondary N) is 1. The first-order valence-corrected chi connectivity index (χ1v) is 5.10. The summed E-state index contributed by atoms with van der Waals surface area (Å²) in [5.74, 6) is 0.682. The summed E-state index contributed by atoms with van der Waals surface area (Å²) in [5, 5.41) is 8.17. The van der Waals surface area contributed by atoms with Gasteiger partial charge in [-0.2, -0.15) is 0 Å². The molecule has 0 fully saturated rings. The second-order valence-electron chi connectivity index (χ2n) is 3.52. The second-order valence-corrected chi connectivity index (χ2v) is 3.52. The first-order valence-electron chi connectivity index (χ1n) is 5.10. The molecule has 0 aliphatic heterocycles. The van der Waals surface area contributed by atoms with Crippen LogP contribution in [0, 0.1) is 0 Å². The molecule has 78 valence electrons. The quantitative estimate of drug-likeness (QED) is 0.702. The number of aromatic nitrogens is 1. The van der Waals surface area contributed by atoms with Crippen molar-refractivity contribution in [1.29, 1.82) is 0 Å². The molecular formula is C13H10N2O. The monoisotopic (exact) mass is 210 g/mol. The minimum Gasteiger partial charge on any atom is -0.337 e. The first-order chi connectivity index (χ1) is 7.93. The smallest absolute Gasteiger partial charge is 0.236 e. The van der Waals surface area contributed by atoms with E-state index in [-0.39, 0.29) is 0 Å². The van der Waals surface area contributed by atoms with Gasteiger partial charge in [0.1, 0.15) is 5.52 Å². The summed E-state index contributed by atoms with van der Waals surface area (Å²) in [4.78, 5) is 0. The molecule has 3 rings (SSSR count). The average molecular weight is 210 g/mol. The maximum absolute atomic E-state index is 5.26. The minimum absolute atomic E-state index is 0.682. The third-order valence-corrected chi connectivity index (χ3v) is 2.42. The van der Waals surface area contributed by atoms with Crippen molar-refractivity contribution in [3.05, 3.63) is 54.6 Å². The molecule has 0 unspecified atom stereocenters. The van der Waals surface area contributed by atoms with E-state index >= 15 is 0 Å². The van der Waals surface area contributed by atoms with E-state index in [1.54, 1.807) is 0 Å². The lowest BCUT2D eigenvalue weighted by atomic mass is 10.2. The Kier molecular flexibility index (Phi) is 2.07. The fraction of sp³-hybridized carbons (Fsp3) is 0. The number of para-hydroxylation sites is 1. The van der Waals surface area contributed by atoms with Gasteiger partial charge >= 0.3 is 0 Å². The fourth-order valence-corrected chi connectivity index (χ4v) is 1.63. The summed E-state index contributed by atoms with van der Waals surface area (Å²) in [6.07, 6.45) is 0. The molecule has 0 amide bonds. The zero-order chi connectivity index (χ0) is 10.8. The molecular weight excluding hydrogens is 200 g/mol. The van der Waals surface area contributed by atoms with Crippen LogP contribution in [0.15, 0.2) is 59.1 Å². The highest BCUT2D eigenvalue weighted by Gasteiger charge is 2.06. The molecule has 0 aliphatic rings. The van der Waals surface area contributed by atoms with Gasteiger partial charge in [0.05, 0.1) is 5.39 Å². The molecule has 3 aromatic rings. The van der Waals surface area contributed by atoms with Crippen molar-refractivity contribution in [2.24, 2.45) is 0 Å². The Morgan fingerprint density at radius 2 is 1.62 bits per heavy atom. The van der Waals surface area contributed by atoms with Crippen LogP contribution in [0.3, 0.4) is 0 Å². The second kappa shape index (κ2) is 3.70. The number of hydrogen-bond acceptors (Lipinski definition) is 3. The molecule has 3 heteroatoms. The number of nitrogens with zero attached hydrogens (tertiary/aromatic N) is 1. The van der Waals surface area contributed by atoms with Crippen molar-refractivity contribution in [1.82, 2.24) is 5.16 Å². The Balaban J connectivity index is 2.01. The van der Waals surface area contributed by atoms with E-state index in [9.17, 15) is 0 Å². The van der Waals surface area contributed by atoms with Crippen molar-refractivity contribution < 1.29 is 4.52 Å². The van der Waals surface area contributed by atoms with E-state index in [2.05, 4.69) is 10.5 Å². The summed E-state index contributed by atoms with van der Waals surface area (Å²) in [6.45, 7) is 0. The Morgan fingerprint density at radius 1 is 0.875 bits per heavy atom. The van der Waals surface area contributed by atoms with Crippen LogP contribution in [0.1, 0.15) is 0 Å². The Labute approximate surface area is 92.7 Å². The molecule has 0 saturated carbocycles. The molecule has 2 aromatic carbocycles. The summed E-state index contributed by atoms with van der Waals surface area (Å²) in [7, 11) is 0. The summed E-state index contributed by atoms with van der Waals surface area (Å²) >= 11 is 0. The maximum atomic E-state index is 5.26. The van der Waals surface area contributed by atoms with Crippen molar-refractivity contribution in [3.8, 4) is 0 Å². The number of fused-ring (bicyclic) bond motifs is 1. The molecule has 1 N–H and O–H groups in total. The number of benzene rings is 2. The van der Waals surface area contributed by atoms with Crippen LogP contribution in [-0.4, -0.2) is 5.16 Å². The van der Waals surface area contributed by atoms with Gasteiger partial charge in [0, 0.05) is 5.69 Å². The normalized spacial score (nSPS) is 10.5. The van der Waals surface area contributed by atoms with Gasteiger partial charge in [-0.1, -0.05) is 35.5 Å². The molecule has 16 heavy (non-hydrogen) atoms. The predicted molar refractivity (Wildman–Crippen MR) is 63.7 cm³/mol. The Morgan fingerprint density at radius 3 is 2.50 bits per heavy atom. The lowest BCUT2D eigenvalue weighted by molar-refractivity contribution is 0.444. The van der Waals surface area contributed by atoms with E-state index < -0.39 is 0 Å². The van der Waals surface area contributed by atoms with Gasteiger partial charge in [0.15, 0.2) is 0 Å². The molecule has 0 saturated heterocycles. The average Bonchev–Trinajstić information content (AvgIpc) is 2.74. The van der Waals surface area contributed by atoms with Crippen LogP contribution in [0.25, 0.3) is 10.9 Å². The lowest BCUT2D eigenvalue weighted by Crippen LogP contribution is -1.87. The third kappa shape index (κ3) is 1.52. The Hall–Kier alpha value is -2.29. The zero-order valence-corrected chi connectivity index (χ0v) is 8.55. The molecule has 0 aliphatic carbocycles. The van der Waals surface area contributed by atoms with Crippen LogP contribution in [-0.2, 0) is 0 Å². The molecule has 0 bridgehead atoms. The molecule has 0 atom stereocenters. The molecule has 1 aromatic heterocycles. The van der Waals surface area contributed by atoms with Crippen molar-refractivity contribution in [2.75, 3.05) is 5.32 Å². The van der Waals surface area contributed by atoms with Crippen LogP contribution in [0.2, 0.25) is 0 Å². The highest BCUT2D eigenvalue weighted by molar-refractivity contribution is 5.89. The van der Waals surface area contributed by atoms with Crippen molar-refractivity contribution in [3.63, 3.8) is 0 Å². The van der Waals surface area contributed by atoms with Gasteiger partial charge < -0.3 is 9.84 Å². The van der Waals surface area contributed by atoms with E-state index in [1.807, 2.05) is 54.6 Å². The van der Waals surface area contributed by atoms with Crippen molar-refractivity contribution in [2.45, 2.75) is 0 Å². The van der Waals surface area contributed by atoms with Gasteiger partial charge in [0.25, 0.3) is 0 Å². The van der Waals surface area contributed by atoms with Gasteiger partial charge in [0.2, 0.25) is 5.88 Å². The topological polar surface area (TPSA) is 38.1 Å². The summed E-state index contributed by atoms with van der Waals surface area (Å²) in [5.41, 5.74) is 1.85. The van der Waals surface area contributed by atoms with E-state index in [1.165, 1.54) is 0 Å². The summed E-state index contributed by atoms with van der Waals surface area (Å²) < 4.78 is 5.26. The number of anilines is 2. The van der Waals surface area contributed by atoms with E-state index in [0.29, 0.717) is 5.88 Å². The standard InChI is InChI=1S/C13H10N2O/c1-2-6-10(7-3-1)14-13-11-8-4-5-9-12(11)15-16-13/h1-9,14H. The number of rotatable bonds is 2. The SMILES string of the molecule is c1ccc(Nc2onc3ccccc23)cc1. The lowest BCUT2D eigenvalue weighted by Gasteiger charge is -2.00. The third-order valence-electron chi connectivity index (χ3n) is 2.42. The van der Waals surface area contributed by atoms with Gasteiger partial charge in [-0.25, -0.2) is 0 Å². The molecule has 0 spiro atoms. The first kappa shape index (κ1) is 8.97. The highest BCUT2D eigenvalue weighted by atomic mass is 16.5. The van der Waals surface area contributed by atoms with Crippen molar-refractivity contribution >= 4 is 22.5 Å². The Bertz CT molecular complexity index is 601. The van der Waals surface area contributed by atoms with Crippen LogP contribution in [0.4, 0.5) is 11.6 Å². The van der Waals surface area contributed by atoms with E-state index in [4.69, 9.17) is 4.52 Å². The minimum atomic E-state index is 0.682. The maximum Gasteiger partial charge on any atom is 0.236 e. The molecule has 3 nitrogen and oxygen atoms in total. The summed E-state index contributed by atoms with van der Waals surface area (Å²) in [6, 6.07) is 17.7. The van der Waals surface area contributed by atoms with Crippen LogP contribution < -0.4 is 5.32 Å². The van der Waals surface area contributed by atoms with Crippen LogP contribution >= 0.6 is 0 Å². The highest BCUT2D eigenvalue weighted by Crippen LogP contribution is 2.25. The number of hydrogen-bond donors (Lipinski definition) is 1. The predicted octanol–water partition coefficient (Wildman–Crippen LogP) is 3.57. The molecule has 0 radical (unpaired) electrons. The zero-order valence-electron chi connectivity index (χ0n) is 8.55. The molecule has 1 heterocycles. The fourth-order valence-electron chi connectivity index (χ4n) is 1.63.